The number of piperidine rings is 3. The van der Waals surface area contributed by atoms with Crippen molar-refractivity contribution in [1.82, 2.24) is 0 Å². The summed E-state index contributed by atoms with van der Waals surface area (Å²) in [4.78, 5) is 26.5. The summed E-state index contributed by atoms with van der Waals surface area (Å²) < 4.78 is 12.4. The van der Waals surface area contributed by atoms with Gasteiger partial charge in [0.05, 0.1) is 19.6 Å². The number of quaternary nitrogens is 1. The topological polar surface area (TPSA) is 98.9 Å². The standard InChI is InChI=1S/C29H39N2O5.BrH/c1-28(2,3)36-26(32)22(18-30)19-31-16-14-21(15-17-31)25(20-31)35-27(33)29(34,23-10-6-4-7-11-23)24-12-8-5-9-13-24;/h4-13,21-22,25,34H,14-20,30H2,1-3H3;1H/q+1;/p-1/t21?,22?,25-,31?;/m0./s1. The summed E-state index contributed by atoms with van der Waals surface area (Å²) in [7, 11) is 0. The van der Waals surface area contributed by atoms with Crippen molar-refractivity contribution >= 4 is 11.9 Å². The molecule has 5 rings (SSSR count). The summed E-state index contributed by atoms with van der Waals surface area (Å²) in [6, 6.07) is 17.9. The molecule has 0 spiro atoms. The van der Waals surface area contributed by atoms with E-state index in [9.17, 15) is 14.7 Å². The van der Waals surface area contributed by atoms with Gasteiger partial charge < -0.3 is 41.8 Å². The summed E-state index contributed by atoms with van der Waals surface area (Å²) in [5.74, 6) is -1.12. The number of esters is 2. The van der Waals surface area contributed by atoms with Gasteiger partial charge in [-0.3, -0.25) is 4.79 Å². The number of fused-ring (bicyclic) bond motifs is 3. The number of hydrogen-bond acceptors (Lipinski definition) is 6. The summed E-state index contributed by atoms with van der Waals surface area (Å²) in [5, 5.41) is 11.8. The molecule has 2 aromatic carbocycles. The van der Waals surface area contributed by atoms with E-state index < -0.39 is 23.1 Å². The number of hydrogen-bond donors (Lipinski definition) is 2. The third-order valence-electron chi connectivity index (χ3n) is 7.61. The Balaban J connectivity index is 0.00000380. The Kier molecular flexibility index (Phi) is 9.22. The molecule has 2 atom stereocenters. The van der Waals surface area contributed by atoms with Crippen LogP contribution in [0.5, 0.6) is 0 Å². The molecule has 3 N–H and O–H groups in total. The van der Waals surface area contributed by atoms with E-state index in [0.29, 0.717) is 28.7 Å². The van der Waals surface area contributed by atoms with Crippen molar-refractivity contribution in [1.29, 1.82) is 0 Å². The van der Waals surface area contributed by atoms with Crippen molar-refractivity contribution in [2.24, 2.45) is 17.6 Å². The van der Waals surface area contributed by atoms with E-state index in [2.05, 4.69) is 0 Å². The van der Waals surface area contributed by atoms with Gasteiger partial charge in [0.2, 0.25) is 5.60 Å². The molecule has 3 aliphatic rings. The number of rotatable bonds is 8. The average molecular weight is 576 g/mol. The third-order valence-corrected chi connectivity index (χ3v) is 7.61. The van der Waals surface area contributed by atoms with Crippen molar-refractivity contribution in [3.8, 4) is 0 Å². The predicted molar refractivity (Wildman–Crippen MR) is 137 cm³/mol. The van der Waals surface area contributed by atoms with Gasteiger partial charge >= 0.3 is 11.9 Å². The lowest BCUT2D eigenvalue weighted by Gasteiger charge is -2.53. The number of benzene rings is 2. The highest BCUT2D eigenvalue weighted by molar-refractivity contribution is 5.85. The molecular formula is C29H39BrN2O5. The van der Waals surface area contributed by atoms with Gasteiger partial charge in [0.1, 0.15) is 18.1 Å². The molecule has 3 aliphatic heterocycles. The normalized spacial score (nSPS) is 24.0. The van der Waals surface area contributed by atoms with Crippen molar-refractivity contribution in [2.45, 2.75) is 50.9 Å². The molecule has 3 fully saturated rings. The predicted octanol–water partition coefficient (Wildman–Crippen LogP) is -0.00470. The molecule has 7 nitrogen and oxygen atoms in total. The Morgan fingerprint density at radius 2 is 1.51 bits per heavy atom. The first-order valence-corrected chi connectivity index (χ1v) is 12.9. The summed E-state index contributed by atoms with van der Waals surface area (Å²) in [6.45, 7) is 8.78. The molecule has 2 bridgehead atoms. The molecule has 8 heteroatoms. The van der Waals surface area contributed by atoms with Gasteiger partial charge in [-0.1, -0.05) is 60.7 Å². The van der Waals surface area contributed by atoms with Gasteiger partial charge in [0, 0.05) is 25.3 Å². The first kappa shape index (κ1) is 29.3. The van der Waals surface area contributed by atoms with Crippen LogP contribution in [0.1, 0.15) is 44.7 Å². The average Bonchev–Trinajstić information content (AvgIpc) is 2.87. The fourth-order valence-corrected chi connectivity index (χ4v) is 5.69. The number of halogens is 1. The second-order valence-corrected chi connectivity index (χ2v) is 11.3. The van der Waals surface area contributed by atoms with Gasteiger partial charge in [-0.05, 0) is 31.9 Å². The van der Waals surface area contributed by atoms with Crippen LogP contribution in [0.3, 0.4) is 0 Å². The second-order valence-electron chi connectivity index (χ2n) is 11.3. The lowest BCUT2D eigenvalue weighted by atomic mass is 9.81. The van der Waals surface area contributed by atoms with Gasteiger partial charge in [0.15, 0.2) is 6.10 Å². The largest absolute Gasteiger partial charge is 1.00 e. The van der Waals surface area contributed by atoms with Crippen LogP contribution >= 0.6 is 0 Å². The zero-order chi connectivity index (χ0) is 26.0. The van der Waals surface area contributed by atoms with Crippen LogP contribution < -0.4 is 22.7 Å². The maximum atomic E-state index is 13.7. The smallest absolute Gasteiger partial charge is 0.348 e. The second kappa shape index (κ2) is 11.6. The Hall–Kier alpha value is -2.26. The highest BCUT2D eigenvalue weighted by Gasteiger charge is 2.51. The van der Waals surface area contributed by atoms with Crippen molar-refractivity contribution in [3.05, 3.63) is 71.8 Å². The summed E-state index contributed by atoms with van der Waals surface area (Å²) >= 11 is 0. The quantitative estimate of drug-likeness (QED) is 0.340. The minimum absolute atomic E-state index is 0. The van der Waals surface area contributed by atoms with Crippen LogP contribution in [0, 0.1) is 11.8 Å². The minimum Gasteiger partial charge on any atom is -1.00 e. The highest BCUT2D eigenvalue weighted by Crippen LogP contribution is 2.39. The molecular weight excluding hydrogens is 536 g/mol. The van der Waals surface area contributed by atoms with E-state index in [1.165, 1.54) is 0 Å². The molecule has 202 valence electrons. The van der Waals surface area contributed by atoms with Crippen LogP contribution in [0.25, 0.3) is 0 Å². The zero-order valence-corrected chi connectivity index (χ0v) is 23.5. The van der Waals surface area contributed by atoms with E-state index >= 15 is 0 Å². The van der Waals surface area contributed by atoms with Crippen LogP contribution in [-0.2, 0) is 24.7 Å². The number of nitrogens with zero attached hydrogens (tertiary/aromatic N) is 1. The van der Waals surface area contributed by atoms with Crippen LogP contribution in [0.15, 0.2) is 60.7 Å². The van der Waals surface area contributed by atoms with Crippen molar-refractivity contribution in [2.75, 3.05) is 32.7 Å². The molecule has 0 aromatic heterocycles. The monoisotopic (exact) mass is 574 g/mol. The number of aliphatic hydroxyl groups is 1. The first-order chi connectivity index (χ1) is 17.1. The molecule has 0 aliphatic carbocycles. The highest BCUT2D eigenvalue weighted by atomic mass is 79.9. The van der Waals surface area contributed by atoms with Crippen LogP contribution in [-0.4, -0.2) is 66.0 Å². The molecule has 0 saturated carbocycles. The molecule has 0 amide bonds. The Labute approximate surface area is 230 Å². The zero-order valence-electron chi connectivity index (χ0n) is 21.9. The first-order valence-electron chi connectivity index (χ1n) is 12.9. The minimum atomic E-state index is -1.91. The fraction of sp³-hybridized carbons (Fsp3) is 0.517. The van der Waals surface area contributed by atoms with E-state index in [-0.39, 0.29) is 41.5 Å². The number of nitrogens with two attached hydrogens (primary N) is 1. The fourth-order valence-electron chi connectivity index (χ4n) is 5.69. The lowest BCUT2D eigenvalue weighted by molar-refractivity contribution is -0.948. The molecule has 1 unspecified atom stereocenters. The van der Waals surface area contributed by atoms with Crippen molar-refractivity contribution < 1.29 is 45.6 Å². The Morgan fingerprint density at radius 3 is 1.97 bits per heavy atom. The van der Waals surface area contributed by atoms with E-state index in [1.807, 2.05) is 32.9 Å². The Bertz CT molecular complexity index is 1010. The molecule has 3 saturated heterocycles. The molecule has 2 aromatic rings. The Morgan fingerprint density at radius 1 is 1.00 bits per heavy atom. The molecule has 3 heterocycles. The van der Waals surface area contributed by atoms with E-state index in [0.717, 1.165) is 25.9 Å². The lowest BCUT2D eigenvalue weighted by Crippen LogP contribution is -3.00. The van der Waals surface area contributed by atoms with Crippen molar-refractivity contribution in [3.63, 3.8) is 0 Å². The van der Waals surface area contributed by atoms with Gasteiger partial charge in [0.25, 0.3) is 0 Å². The molecule has 0 radical (unpaired) electrons. The SMILES string of the molecule is CC(C)(C)OC(=O)C(CN)C[N+]12CCC(CC1)[C@@H](OC(=O)C(O)(c1ccccc1)c1ccccc1)C2.[Br-]. The van der Waals surface area contributed by atoms with E-state index in [4.69, 9.17) is 15.2 Å². The number of ether oxygens (including phenoxy) is 2. The van der Waals surface area contributed by atoms with E-state index in [1.54, 1.807) is 48.5 Å². The van der Waals surface area contributed by atoms with Gasteiger partial charge in [-0.2, -0.15) is 0 Å². The third kappa shape index (κ3) is 6.42. The number of carbonyl (C=O) groups is 2. The number of carbonyl (C=O) groups excluding carboxylic acids is 2. The van der Waals surface area contributed by atoms with Crippen LogP contribution in [0.2, 0.25) is 0 Å². The summed E-state index contributed by atoms with van der Waals surface area (Å²) in [5.41, 5.74) is 4.47. The van der Waals surface area contributed by atoms with Gasteiger partial charge in [-0.25, -0.2) is 4.79 Å². The van der Waals surface area contributed by atoms with Gasteiger partial charge in [-0.15, -0.1) is 0 Å². The van der Waals surface area contributed by atoms with Crippen LogP contribution in [0.4, 0.5) is 0 Å². The maximum absolute atomic E-state index is 13.7. The maximum Gasteiger partial charge on any atom is 0.348 e. The molecule has 37 heavy (non-hydrogen) atoms. The summed E-state index contributed by atoms with van der Waals surface area (Å²) in [6.07, 6.45) is 1.47.